The van der Waals surface area contributed by atoms with Crippen molar-refractivity contribution in [3.05, 3.63) is 65.2 Å². The Hall–Kier alpha value is -2.18. The Morgan fingerprint density at radius 2 is 1.83 bits per heavy atom. The summed E-state index contributed by atoms with van der Waals surface area (Å²) < 4.78 is 22.4. The van der Waals surface area contributed by atoms with Crippen LogP contribution in [0.5, 0.6) is 0 Å². The van der Waals surface area contributed by atoms with Gasteiger partial charge >= 0.3 is 0 Å². The number of carbonyl (C=O) groups is 1. The minimum absolute atomic E-state index is 0.00669. The molecule has 0 bridgehead atoms. The van der Waals surface area contributed by atoms with E-state index in [2.05, 4.69) is 17.4 Å². The fourth-order valence-corrected chi connectivity index (χ4v) is 3.67. The van der Waals surface area contributed by atoms with Crippen LogP contribution >= 0.6 is 0 Å². The lowest BCUT2D eigenvalue weighted by Gasteiger charge is -2.12. The van der Waals surface area contributed by atoms with Gasteiger partial charge in [0.1, 0.15) is 0 Å². The highest BCUT2D eigenvalue weighted by atomic mass is 32.2. The molecule has 1 amide bonds. The third-order valence-electron chi connectivity index (χ3n) is 4.43. The van der Waals surface area contributed by atoms with Crippen molar-refractivity contribution in [1.82, 2.24) is 5.32 Å². The number of primary sulfonamides is 1. The molecule has 0 aliphatic heterocycles. The van der Waals surface area contributed by atoms with Crippen LogP contribution in [0.15, 0.2) is 53.4 Å². The van der Waals surface area contributed by atoms with E-state index < -0.39 is 10.0 Å². The Bertz CT molecular complexity index is 845. The second-order valence-corrected chi connectivity index (χ2v) is 7.67. The first kappa shape index (κ1) is 16.7. The monoisotopic (exact) mass is 344 g/mol. The molecule has 1 unspecified atom stereocenters. The van der Waals surface area contributed by atoms with Crippen LogP contribution in [0, 0.1) is 0 Å². The fraction of sp³-hybridized carbons (Fsp3) is 0.278. The zero-order valence-corrected chi connectivity index (χ0v) is 14.1. The van der Waals surface area contributed by atoms with Gasteiger partial charge in [0.15, 0.2) is 0 Å². The summed E-state index contributed by atoms with van der Waals surface area (Å²) in [7, 11) is -3.68. The number of carbonyl (C=O) groups excluding carboxylic acids is 1. The van der Waals surface area contributed by atoms with Crippen molar-refractivity contribution in [3.8, 4) is 0 Å². The summed E-state index contributed by atoms with van der Waals surface area (Å²) in [5.74, 6) is 0.290. The van der Waals surface area contributed by atoms with Crippen molar-refractivity contribution in [2.24, 2.45) is 5.14 Å². The van der Waals surface area contributed by atoms with Crippen LogP contribution in [-0.4, -0.2) is 14.3 Å². The Balaban J connectivity index is 1.55. The molecule has 2 aromatic rings. The first-order valence-corrected chi connectivity index (χ1v) is 9.44. The van der Waals surface area contributed by atoms with Gasteiger partial charge in [-0.3, -0.25) is 4.79 Å². The maximum atomic E-state index is 12.2. The molecule has 0 aromatic heterocycles. The quantitative estimate of drug-likeness (QED) is 0.870. The number of fused-ring (bicyclic) bond motifs is 1. The third kappa shape index (κ3) is 3.83. The predicted molar refractivity (Wildman–Crippen MR) is 91.8 cm³/mol. The number of aryl methyl sites for hydroxylation is 1. The van der Waals surface area contributed by atoms with E-state index >= 15 is 0 Å². The molecule has 24 heavy (non-hydrogen) atoms. The molecule has 3 rings (SSSR count). The molecule has 0 saturated heterocycles. The Morgan fingerprint density at radius 1 is 1.12 bits per heavy atom. The highest BCUT2D eigenvalue weighted by Crippen LogP contribution is 2.35. The van der Waals surface area contributed by atoms with Crippen molar-refractivity contribution < 1.29 is 13.2 Å². The molecular formula is C18H20N2O3S. The molecule has 126 valence electrons. The van der Waals surface area contributed by atoms with Gasteiger partial charge in [-0.1, -0.05) is 36.4 Å². The van der Waals surface area contributed by atoms with Crippen LogP contribution in [0.3, 0.4) is 0 Å². The van der Waals surface area contributed by atoms with Crippen LogP contribution in [0.25, 0.3) is 0 Å². The van der Waals surface area contributed by atoms with Crippen molar-refractivity contribution >= 4 is 15.9 Å². The van der Waals surface area contributed by atoms with Crippen LogP contribution in [0.1, 0.15) is 35.4 Å². The average Bonchev–Trinajstić information content (AvgIpc) is 2.96. The second-order valence-electron chi connectivity index (χ2n) is 6.10. The van der Waals surface area contributed by atoms with Crippen molar-refractivity contribution in [2.75, 3.05) is 0 Å². The number of sulfonamides is 1. The minimum Gasteiger partial charge on any atom is -0.352 e. The number of hydrogen-bond donors (Lipinski definition) is 2. The van der Waals surface area contributed by atoms with E-state index in [0.717, 1.165) is 18.4 Å². The van der Waals surface area contributed by atoms with E-state index in [1.807, 2.05) is 12.1 Å². The maximum absolute atomic E-state index is 12.2. The molecule has 0 fully saturated rings. The summed E-state index contributed by atoms with van der Waals surface area (Å²) in [4.78, 5) is 12.3. The van der Waals surface area contributed by atoms with Crippen molar-refractivity contribution in [1.29, 1.82) is 0 Å². The standard InChI is InChI=1S/C18H20N2O3S/c19-24(22,23)16-9-5-13(6-10-16)12-20-18(21)11-15-8-7-14-3-1-2-4-17(14)15/h1-6,9-10,15H,7-8,11-12H2,(H,20,21)(H2,19,22,23). The predicted octanol–water partition coefficient (Wildman–Crippen LogP) is 2.07. The molecule has 5 nitrogen and oxygen atoms in total. The zero-order chi connectivity index (χ0) is 17.2. The number of benzene rings is 2. The molecule has 0 radical (unpaired) electrons. The number of nitrogens with one attached hydrogen (secondary N) is 1. The van der Waals surface area contributed by atoms with Gasteiger partial charge in [0.05, 0.1) is 4.90 Å². The fourth-order valence-electron chi connectivity index (χ4n) is 3.15. The van der Waals surface area contributed by atoms with Crippen molar-refractivity contribution in [2.45, 2.75) is 36.6 Å². The molecule has 6 heteroatoms. The van der Waals surface area contributed by atoms with E-state index in [1.54, 1.807) is 12.1 Å². The highest BCUT2D eigenvalue weighted by molar-refractivity contribution is 7.89. The van der Waals surface area contributed by atoms with Crippen LogP contribution in [0.4, 0.5) is 0 Å². The molecule has 0 heterocycles. The van der Waals surface area contributed by atoms with Gasteiger partial charge in [-0.2, -0.15) is 0 Å². The molecule has 1 atom stereocenters. The van der Waals surface area contributed by atoms with Crippen LogP contribution in [0.2, 0.25) is 0 Å². The van der Waals surface area contributed by atoms with E-state index in [0.29, 0.717) is 13.0 Å². The summed E-state index contributed by atoms with van der Waals surface area (Å²) >= 11 is 0. The SMILES string of the molecule is NS(=O)(=O)c1ccc(CNC(=O)CC2CCc3ccccc32)cc1. The number of amides is 1. The molecule has 1 aliphatic rings. The van der Waals surface area contributed by atoms with Crippen LogP contribution < -0.4 is 10.5 Å². The van der Waals surface area contributed by atoms with E-state index in [-0.39, 0.29) is 16.7 Å². The number of rotatable bonds is 5. The molecule has 3 N–H and O–H groups in total. The molecule has 2 aromatic carbocycles. The summed E-state index contributed by atoms with van der Waals surface area (Å²) in [6.07, 6.45) is 2.52. The summed E-state index contributed by atoms with van der Waals surface area (Å²) in [5, 5.41) is 7.96. The topological polar surface area (TPSA) is 89.3 Å². The van der Waals surface area contributed by atoms with Gasteiger partial charge in [0.25, 0.3) is 0 Å². The van der Waals surface area contributed by atoms with E-state index in [1.165, 1.54) is 23.3 Å². The van der Waals surface area contributed by atoms with Gasteiger partial charge in [-0.25, -0.2) is 13.6 Å². The third-order valence-corrected chi connectivity index (χ3v) is 5.36. The average molecular weight is 344 g/mol. The minimum atomic E-state index is -3.68. The lowest BCUT2D eigenvalue weighted by molar-refractivity contribution is -0.121. The molecular weight excluding hydrogens is 324 g/mol. The van der Waals surface area contributed by atoms with Crippen LogP contribution in [-0.2, 0) is 27.8 Å². The normalized spacial score (nSPS) is 16.6. The first-order chi connectivity index (χ1) is 11.4. The summed E-state index contributed by atoms with van der Waals surface area (Å²) in [6.45, 7) is 0.373. The van der Waals surface area contributed by atoms with Gasteiger partial charge in [0.2, 0.25) is 15.9 Å². The van der Waals surface area contributed by atoms with Gasteiger partial charge in [0, 0.05) is 13.0 Å². The van der Waals surface area contributed by atoms with E-state index in [4.69, 9.17) is 5.14 Å². The Morgan fingerprint density at radius 3 is 2.54 bits per heavy atom. The molecule has 0 saturated carbocycles. The molecule has 1 aliphatic carbocycles. The zero-order valence-electron chi connectivity index (χ0n) is 13.2. The second kappa shape index (κ2) is 6.75. The summed E-state index contributed by atoms with van der Waals surface area (Å²) in [5.41, 5.74) is 3.46. The van der Waals surface area contributed by atoms with Gasteiger partial charge in [-0.15, -0.1) is 0 Å². The largest absolute Gasteiger partial charge is 0.352 e. The summed E-state index contributed by atoms with van der Waals surface area (Å²) in [6, 6.07) is 14.5. The number of hydrogen-bond acceptors (Lipinski definition) is 3. The lowest BCUT2D eigenvalue weighted by Crippen LogP contribution is -2.24. The van der Waals surface area contributed by atoms with E-state index in [9.17, 15) is 13.2 Å². The maximum Gasteiger partial charge on any atom is 0.238 e. The van der Waals surface area contributed by atoms with Crippen molar-refractivity contribution in [3.63, 3.8) is 0 Å². The Kier molecular flexibility index (Phi) is 4.69. The van der Waals surface area contributed by atoms with Gasteiger partial charge < -0.3 is 5.32 Å². The van der Waals surface area contributed by atoms with Gasteiger partial charge in [-0.05, 0) is 47.6 Å². The lowest BCUT2D eigenvalue weighted by atomic mass is 9.97. The highest BCUT2D eigenvalue weighted by Gasteiger charge is 2.23. The smallest absolute Gasteiger partial charge is 0.238 e. The Labute approximate surface area is 141 Å². The number of nitrogens with two attached hydrogens (primary N) is 1. The first-order valence-electron chi connectivity index (χ1n) is 7.90. The molecule has 0 spiro atoms.